The number of benzene rings is 1. The summed E-state index contributed by atoms with van der Waals surface area (Å²) >= 11 is 0. The molecule has 3 aliphatic rings. The van der Waals surface area contributed by atoms with E-state index in [1.807, 2.05) is 4.90 Å². The molecule has 1 aromatic rings. The number of likely N-dealkylation sites (tertiary alicyclic amines) is 1. The fraction of sp³-hybridized carbons (Fsp3) is 0.556. The Morgan fingerprint density at radius 2 is 1.75 bits per heavy atom. The zero-order chi connectivity index (χ0) is 16.9. The van der Waals surface area contributed by atoms with E-state index in [-0.39, 0.29) is 17.8 Å². The lowest BCUT2D eigenvalue weighted by atomic mass is 9.88. The molecular weight excluding hydrogens is 311 g/mol. The van der Waals surface area contributed by atoms with E-state index in [1.165, 1.54) is 12.1 Å². The van der Waals surface area contributed by atoms with Crippen LogP contribution in [0.25, 0.3) is 0 Å². The van der Waals surface area contributed by atoms with E-state index in [0.29, 0.717) is 32.5 Å². The SMILES string of the molecule is CN1CC2(CCN(C(=O)C3(c4ccc(F)cc4)CC3)CC2)OC1=O. The van der Waals surface area contributed by atoms with Crippen LogP contribution in [0.15, 0.2) is 24.3 Å². The fourth-order valence-electron chi connectivity index (χ4n) is 3.99. The second kappa shape index (κ2) is 5.19. The first kappa shape index (κ1) is 15.4. The van der Waals surface area contributed by atoms with Gasteiger partial charge in [-0.3, -0.25) is 4.79 Å². The molecular formula is C18H21FN2O3. The molecule has 128 valence electrons. The van der Waals surface area contributed by atoms with E-state index in [4.69, 9.17) is 4.74 Å². The van der Waals surface area contributed by atoms with E-state index in [1.54, 1.807) is 24.1 Å². The van der Waals surface area contributed by atoms with Crippen molar-refractivity contribution in [2.45, 2.75) is 36.7 Å². The molecule has 0 atom stereocenters. The van der Waals surface area contributed by atoms with E-state index >= 15 is 0 Å². The normalized spacial score (nSPS) is 24.2. The van der Waals surface area contributed by atoms with Gasteiger partial charge in [0.2, 0.25) is 5.91 Å². The zero-order valence-electron chi connectivity index (χ0n) is 13.8. The van der Waals surface area contributed by atoms with Crippen molar-refractivity contribution in [1.29, 1.82) is 0 Å². The van der Waals surface area contributed by atoms with Gasteiger partial charge in [0, 0.05) is 33.0 Å². The number of hydrogen-bond donors (Lipinski definition) is 0. The van der Waals surface area contributed by atoms with Gasteiger partial charge in [-0.1, -0.05) is 12.1 Å². The molecule has 3 fully saturated rings. The molecule has 1 aliphatic carbocycles. The Morgan fingerprint density at radius 3 is 2.25 bits per heavy atom. The molecule has 1 saturated carbocycles. The third-order valence-corrected chi connectivity index (χ3v) is 5.66. The maximum Gasteiger partial charge on any atom is 0.410 e. The lowest BCUT2D eigenvalue weighted by molar-refractivity contribution is -0.137. The highest BCUT2D eigenvalue weighted by molar-refractivity contribution is 5.91. The van der Waals surface area contributed by atoms with Crippen LogP contribution in [0.3, 0.4) is 0 Å². The number of carbonyl (C=O) groups excluding carboxylic acids is 2. The van der Waals surface area contributed by atoms with Gasteiger partial charge in [-0.05, 0) is 30.5 Å². The van der Waals surface area contributed by atoms with Crippen molar-refractivity contribution in [3.63, 3.8) is 0 Å². The molecule has 0 aromatic heterocycles. The highest BCUT2D eigenvalue weighted by atomic mass is 19.1. The van der Waals surface area contributed by atoms with E-state index in [9.17, 15) is 14.0 Å². The number of amides is 2. The predicted molar refractivity (Wildman–Crippen MR) is 85.0 cm³/mol. The average Bonchev–Trinajstić information content (AvgIpc) is 3.32. The first-order chi connectivity index (χ1) is 11.4. The number of hydrogen-bond acceptors (Lipinski definition) is 3. The summed E-state index contributed by atoms with van der Waals surface area (Å²) in [5.41, 5.74) is -0.00230. The second-order valence-corrected chi connectivity index (χ2v) is 7.29. The quantitative estimate of drug-likeness (QED) is 0.835. The maximum absolute atomic E-state index is 13.1. The summed E-state index contributed by atoms with van der Waals surface area (Å²) in [7, 11) is 1.74. The number of piperidine rings is 1. The summed E-state index contributed by atoms with van der Waals surface area (Å²) < 4.78 is 18.7. The van der Waals surface area contributed by atoms with Crippen LogP contribution in [-0.4, -0.2) is 54.1 Å². The number of halogens is 1. The van der Waals surface area contributed by atoms with Crippen molar-refractivity contribution in [1.82, 2.24) is 9.80 Å². The monoisotopic (exact) mass is 332 g/mol. The topological polar surface area (TPSA) is 49.9 Å². The molecule has 2 aliphatic heterocycles. The molecule has 6 heteroatoms. The molecule has 0 bridgehead atoms. The molecule has 0 N–H and O–H groups in total. The van der Waals surface area contributed by atoms with Crippen molar-refractivity contribution in [3.05, 3.63) is 35.6 Å². The third-order valence-electron chi connectivity index (χ3n) is 5.66. The summed E-state index contributed by atoms with van der Waals surface area (Å²) in [6.07, 6.45) is 2.70. The van der Waals surface area contributed by atoms with Gasteiger partial charge in [-0.25, -0.2) is 9.18 Å². The van der Waals surface area contributed by atoms with Gasteiger partial charge >= 0.3 is 6.09 Å². The summed E-state index contributed by atoms with van der Waals surface area (Å²) in [5.74, 6) is -0.157. The Hall–Kier alpha value is -2.11. The largest absolute Gasteiger partial charge is 0.441 e. The molecule has 24 heavy (non-hydrogen) atoms. The molecule has 0 radical (unpaired) electrons. The molecule has 4 rings (SSSR count). The van der Waals surface area contributed by atoms with Crippen molar-refractivity contribution in [2.24, 2.45) is 0 Å². The van der Waals surface area contributed by atoms with Crippen molar-refractivity contribution in [3.8, 4) is 0 Å². The Balaban J connectivity index is 1.45. The molecule has 2 heterocycles. The highest BCUT2D eigenvalue weighted by Gasteiger charge is 2.54. The number of rotatable bonds is 2. The average molecular weight is 332 g/mol. The third kappa shape index (κ3) is 2.36. The van der Waals surface area contributed by atoms with Crippen LogP contribution in [0.4, 0.5) is 9.18 Å². The van der Waals surface area contributed by atoms with Crippen molar-refractivity contribution >= 4 is 12.0 Å². The van der Waals surface area contributed by atoms with Gasteiger partial charge in [0.15, 0.2) is 0 Å². The summed E-state index contributed by atoms with van der Waals surface area (Å²) in [6, 6.07) is 6.28. The van der Waals surface area contributed by atoms with E-state index < -0.39 is 11.0 Å². The standard InChI is InChI=1S/C18H21FN2O3/c1-20-12-17(24-16(20)23)8-10-21(11-9-17)15(22)18(6-7-18)13-2-4-14(19)5-3-13/h2-5H,6-12H2,1H3. The molecule has 5 nitrogen and oxygen atoms in total. The molecule has 0 unspecified atom stereocenters. The molecule has 1 spiro atoms. The minimum absolute atomic E-state index is 0.127. The summed E-state index contributed by atoms with van der Waals surface area (Å²) in [6.45, 7) is 1.79. The Labute approximate surface area is 140 Å². The Morgan fingerprint density at radius 1 is 1.12 bits per heavy atom. The minimum atomic E-state index is -0.471. The molecule has 1 aromatic carbocycles. The van der Waals surface area contributed by atoms with E-state index in [2.05, 4.69) is 0 Å². The van der Waals surface area contributed by atoms with Crippen LogP contribution in [0.2, 0.25) is 0 Å². The number of likely N-dealkylation sites (N-methyl/N-ethyl adjacent to an activating group) is 1. The lowest BCUT2D eigenvalue weighted by Gasteiger charge is -2.38. The highest BCUT2D eigenvalue weighted by Crippen LogP contribution is 2.50. The van der Waals surface area contributed by atoms with Crippen LogP contribution in [0.5, 0.6) is 0 Å². The number of ether oxygens (including phenoxy) is 1. The van der Waals surface area contributed by atoms with Crippen molar-refractivity contribution < 1.29 is 18.7 Å². The first-order valence-corrected chi connectivity index (χ1v) is 8.44. The van der Waals surface area contributed by atoms with Crippen LogP contribution < -0.4 is 0 Å². The van der Waals surface area contributed by atoms with Gasteiger partial charge in [0.25, 0.3) is 0 Å². The second-order valence-electron chi connectivity index (χ2n) is 7.29. The van der Waals surface area contributed by atoms with Gasteiger partial charge in [-0.15, -0.1) is 0 Å². The number of carbonyl (C=O) groups is 2. The predicted octanol–water partition coefficient (Wildman–Crippen LogP) is 2.30. The molecule has 2 amide bonds. The van der Waals surface area contributed by atoms with Crippen molar-refractivity contribution in [2.75, 3.05) is 26.7 Å². The molecule has 2 saturated heterocycles. The lowest BCUT2D eigenvalue weighted by Crippen LogP contribution is -2.51. The Bertz CT molecular complexity index is 676. The fourth-order valence-corrected chi connectivity index (χ4v) is 3.99. The van der Waals surface area contributed by atoms with Gasteiger partial charge < -0.3 is 14.5 Å². The Kier molecular flexibility index (Phi) is 3.34. The van der Waals surface area contributed by atoms with Gasteiger partial charge in [0.1, 0.15) is 11.4 Å². The van der Waals surface area contributed by atoms with Gasteiger partial charge in [0.05, 0.1) is 12.0 Å². The smallest absolute Gasteiger partial charge is 0.410 e. The van der Waals surface area contributed by atoms with Gasteiger partial charge in [-0.2, -0.15) is 0 Å². The maximum atomic E-state index is 13.1. The minimum Gasteiger partial charge on any atom is -0.441 e. The van der Waals surface area contributed by atoms with Crippen LogP contribution in [0.1, 0.15) is 31.2 Å². The van der Waals surface area contributed by atoms with Crippen LogP contribution in [0, 0.1) is 5.82 Å². The summed E-state index contributed by atoms with van der Waals surface area (Å²) in [4.78, 5) is 28.1. The van der Waals surface area contributed by atoms with Crippen LogP contribution >= 0.6 is 0 Å². The zero-order valence-corrected chi connectivity index (χ0v) is 13.8. The summed E-state index contributed by atoms with van der Waals surface area (Å²) in [5, 5.41) is 0. The van der Waals surface area contributed by atoms with E-state index in [0.717, 1.165) is 18.4 Å². The number of nitrogens with zero attached hydrogens (tertiary/aromatic N) is 2. The first-order valence-electron chi connectivity index (χ1n) is 8.44. The van der Waals surface area contributed by atoms with Crippen LogP contribution in [-0.2, 0) is 14.9 Å².